The molecule has 0 unspecified atom stereocenters. The highest BCUT2D eigenvalue weighted by molar-refractivity contribution is 7.89. The van der Waals surface area contributed by atoms with Crippen molar-refractivity contribution in [2.45, 2.75) is 18.4 Å². The fraction of sp³-hybridized carbons (Fsp3) is 0.368. The molecule has 0 aliphatic carbocycles. The van der Waals surface area contributed by atoms with Crippen LogP contribution in [0.1, 0.15) is 12.5 Å². The lowest BCUT2D eigenvalue weighted by atomic mass is 10.2. The summed E-state index contributed by atoms with van der Waals surface area (Å²) in [5.41, 5.74) is 1.12. The number of nitrogens with one attached hydrogen (secondary N) is 1. The first kappa shape index (κ1) is 20.1. The van der Waals surface area contributed by atoms with Crippen molar-refractivity contribution in [3.05, 3.63) is 58.9 Å². The summed E-state index contributed by atoms with van der Waals surface area (Å²) in [6, 6.07) is 11.4. The van der Waals surface area contributed by atoms with Crippen molar-refractivity contribution < 1.29 is 22.4 Å². The summed E-state index contributed by atoms with van der Waals surface area (Å²) < 4.78 is 46.0. The van der Waals surface area contributed by atoms with Gasteiger partial charge >= 0.3 is 0 Å². The second kappa shape index (κ2) is 8.56. The zero-order chi connectivity index (χ0) is 19.4. The Morgan fingerprint density at radius 3 is 2.56 bits per heavy atom. The lowest BCUT2D eigenvalue weighted by Crippen LogP contribution is -3.13. The third-order valence-corrected chi connectivity index (χ3v) is 6.86. The Bertz CT molecular complexity index is 900. The van der Waals surface area contributed by atoms with Gasteiger partial charge in [-0.25, -0.2) is 12.8 Å². The molecule has 0 radical (unpaired) electrons. The van der Waals surface area contributed by atoms with Gasteiger partial charge in [-0.05, 0) is 37.3 Å². The quantitative estimate of drug-likeness (QED) is 0.787. The molecule has 1 aliphatic rings. The Labute approximate surface area is 164 Å². The smallest absolute Gasteiger partial charge is 0.243 e. The predicted molar refractivity (Wildman–Crippen MR) is 102 cm³/mol. The molecule has 0 amide bonds. The minimum atomic E-state index is -3.67. The van der Waals surface area contributed by atoms with E-state index < -0.39 is 15.8 Å². The number of benzene rings is 2. The molecule has 1 heterocycles. The summed E-state index contributed by atoms with van der Waals surface area (Å²) in [6.45, 7) is 5.54. The second-order valence-electron chi connectivity index (χ2n) is 6.45. The average molecular weight is 414 g/mol. The highest BCUT2D eigenvalue weighted by atomic mass is 35.5. The zero-order valence-corrected chi connectivity index (χ0v) is 16.7. The van der Waals surface area contributed by atoms with Gasteiger partial charge in [-0.15, -0.1) is 0 Å². The van der Waals surface area contributed by atoms with Crippen molar-refractivity contribution >= 4 is 21.6 Å². The topological polar surface area (TPSA) is 51.1 Å². The Balaban J connectivity index is 1.65. The van der Waals surface area contributed by atoms with Crippen LogP contribution in [0.2, 0.25) is 5.02 Å². The van der Waals surface area contributed by atoms with Gasteiger partial charge in [0.2, 0.25) is 10.0 Å². The molecule has 0 bridgehead atoms. The van der Waals surface area contributed by atoms with Gasteiger partial charge in [-0.2, -0.15) is 4.31 Å². The van der Waals surface area contributed by atoms with E-state index in [9.17, 15) is 12.8 Å². The number of piperazine rings is 1. The van der Waals surface area contributed by atoms with Crippen LogP contribution >= 0.6 is 11.6 Å². The Hall–Kier alpha value is -1.67. The number of hydrogen-bond donors (Lipinski definition) is 1. The van der Waals surface area contributed by atoms with Gasteiger partial charge in [0.25, 0.3) is 0 Å². The summed E-state index contributed by atoms with van der Waals surface area (Å²) in [4.78, 5) is 1.32. The van der Waals surface area contributed by atoms with Crippen molar-refractivity contribution in [2.24, 2.45) is 0 Å². The molecule has 3 rings (SSSR count). The maximum atomic E-state index is 13.3. The average Bonchev–Trinajstić information content (AvgIpc) is 2.66. The standard InChI is InChI=1S/C19H22ClFN2O3S/c1-2-26-19-6-4-3-5-15(19)14-22-9-11-23(12-10-22)27(24,25)16-7-8-18(21)17(20)13-16/h3-8,13H,2,9-12,14H2,1H3/p+1. The molecule has 0 saturated carbocycles. The van der Waals surface area contributed by atoms with Crippen LogP contribution in [0.15, 0.2) is 47.4 Å². The van der Waals surface area contributed by atoms with E-state index >= 15 is 0 Å². The van der Waals surface area contributed by atoms with Crippen LogP contribution in [0.25, 0.3) is 0 Å². The minimum absolute atomic E-state index is 0.0269. The number of ether oxygens (including phenoxy) is 1. The fourth-order valence-electron chi connectivity index (χ4n) is 3.22. The number of sulfonamides is 1. The number of para-hydroxylation sites is 1. The number of halogens is 2. The summed E-state index contributed by atoms with van der Waals surface area (Å²) >= 11 is 5.74. The molecular formula is C19H23ClFN2O3S+. The van der Waals surface area contributed by atoms with Crippen molar-refractivity contribution in [3.63, 3.8) is 0 Å². The van der Waals surface area contributed by atoms with E-state index in [1.807, 2.05) is 31.2 Å². The van der Waals surface area contributed by atoms with Crippen LogP contribution in [-0.2, 0) is 16.6 Å². The summed E-state index contributed by atoms with van der Waals surface area (Å²) in [6.07, 6.45) is 0. The molecule has 1 N–H and O–H groups in total. The lowest BCUT2D eigenvalue weighted by Gasteiger charge is -2.31. The van der Waals surface area contributed by atoms with Gasteiger partial charge in [0.1, 0.15) is 18.1 Å². The third kappa shape index (κ3) is 4.60. The number of nitrogens with zero attached hydrogens (tertiary/aromatic N) is 1. The minimum Gasteiger partial charge on any atom is -0.493 e. The molecule has 1 fully saturated rings. The van der Waals surface area contributed by atoms with E-state index in [-0.39, 0.29) is 9.92 Å². The normalized spacial score (nSPS) is 16.4. The molecule has 0 spiro atoms. The fourth-order valence-corrected chi connectivity index (χ4v) is 4.93. The first-order chi connectivity index (χ1) is 12.9. The van der Waals surface area contributed by atoms with Crippen molar-refractivity contribution in [2.75, 3.05) is 32.8 Å². The van der Waals surface area contributed by atoms with E-state index in [2.05, 4.69) is 0 Å². The van der Waals surface area contributed by atoms with Gasteiger partial charge < -0.3 is 9.64 Å². The van der Waals surface area contributed by atoms with Gasteiger partial charge in [0, 0.05) is 5.56 Å². The molecule has 1 saturated heterocycles. The van der Waals surface area contributed by atoms with Gasteiger partial charge in [0.15, 0.2) is 0 Å². The van der Waals surface area contributed by atoms with Crippen LogP contribution in [0.3, 0.4) is 0 Å². The zero-order valence-electron chi connectivity index (χ0n) is 15.1. The number of hydrogen-bond acceptors (Lipinski definition) is 3. The molecule has 1 aliphatic heterocycles. The molecule has 146 valence electrons. The molecule has 0 aromatic heterocycles. The summed E-state index contributed by atoms with van der Waals surface area (Å²) in [5.74, 6) is 0.251. The van der Waals surface area contributed by atoms with E-state index in [4.69, 9.17) is 16.3 Å². The van der Waals surface area contributed by atoms with Crippen molar-refractivity contribution in [3.8, 4) is 5.75 Å². The predicted octanol–water partition coefficient (Wildman–Crippen LogP) is 1.97. The molecule has 27 heavy (non-hydrogen) atoms. The summed E-state index contributed by atoms with van der Waals surface area (Å²) in [5, 5.41) is -0.187. The Morgan fingerprint density at radius 2 is 1.89 bits per heavy atom. The maximum Gasteiger partial charge on any atom is 0.243 e. The Morgan fingerprint density at radius 1 is 1.19 bits per heavy atom. The first-order valence-electron chi connectivity index (χ1n) is 8.91. The maximum absolute atomic E-state index is 13.3. The third-order valence-electron chi connectivity index (χ3n) is 4.67. The van der Waals surface area contributed by atoms with Gasteiger partial charge in [0.05, 0.1) is 42.7 Å². The lowest BCUT2D eigenvalue weighted by molar-refractivity contribution is -0.917. The van der Waals surface area contributed by atoms with Crippen LogP contribution in [0, 0.1) is 5.82 Å². The summed E-state index contributed by atoms with van der Waals surface area (Å²) in [7, 11) is -3.67. The highest BCUT2D eigenvalue weighted by Crippen LogP contribution is 2.22. The molecule has 5 nitrogen and oxygen atoms in total. The van der Waals surface area contributed by atoms with E-state index in [1.165, 1.54) is 21.3 Å². The van der Waals surface area contributed by atoms with E-state index in [0.29, 0.717) is 32.8 Å². The van der Waals surface area contributed by atoms with Crippen LogP contribution in [0.4, 0.5) is 4.39 Å². The Kier molecular flexibility index (Phi) is 6.37. The number of rotatable bonds is 6. The molecule has 0 atom stereocenters. The van der Waals surface area contributed by atoms with Crippen molar-refractivity contribution in [1.29, 1.82) is 0 Å². The monoisotopic (exact) mass is 413 g/mol. The van der Waals surface area contributed by atoms with Gasteiger partial charge in [-0.1, -0.05) is 23.7 Å². The number of quaternary nitrogens is 1. The molecule has 2 aromatic carbocycles. The molecule has 8 heteroatoms. The SMILES string of the molecule is CCOc1ccccc1C[NH+]1CCN(S(=O)(=O)c2ccc(F)c(Cl)c2)CC1. The van der Waals surface area contributed by atoms with Gasteiger partial charge in [-0.3, -0.25) is 0 Å². The van der Waals surface area contributed by atoms with Crippen LogP contribution in [0.5, 0.6) is 5.75 Å². The molecular weight excluding hydrogens is 391 g/mol. The van der Waals surface area contributed by atoms with Crippen LogP contribution in [-0.4, -0.2) is 45.5 Å². The van der Waals surface area contributed by atoms with E-state index in [1.54, 1.807) is 0 Å². The first-order valence-corrected chi connectivity index (χ1v) is 10.7. The molecule has 2 aromatic rings. The van der Waals surface area contributed by atoms with Crippen LogP contribution < -0.4 is 9.64 Å². The van der Waals surface area contributed by atoms with E-state index in [0.717, 1.165) is 23.9 Å². The van der Waals surface area contributed by atoms with Crippen molar-refractivity contribution in [1.82, 2.24) is 4.31 Å². The second-order valence-corrected chi connectivity index (χ2v) is 8.79. The largest absolute Gasteiger partial charge is 0.493 e. The highest BCUT2D eigenvalue weighted by Gasteiger charge is 2.31.